The molecule has 0 saturated carbocycles. The molecule has 0 fully saturated rings. The summed E-state index contributed by atoms with van der Waals surface area (Å²) in [7, 11) is 0. The molecular formula is C27H33N. The zero-order chi connectivity index (χ0) is 20.4. The van der Waals surface area contributed by atoms with Gasteiger partial charge in [0.05, 0.1) is 0 Å². The van der Waals surface area contributed by atoms with Crippen LogP contribution < -0.4 is 0 Å². The van der Waals surface area contributed by atoms with E-state index in [4.69, 9.17) is 0 Å². The molecule has 0 aromatic heterocycles. The van der Waals surface area contributed by atoms with Crippen molar-refractivity contribution >= 4 is 0 Å². The van der Waals surface area contributed by atoms with E-state index in [1.54, 1.807) is 0 Å². The summed E-state index contributed by atoms with van der Waals surface area (Å²) in [5.74, 6) is 0. The van der Waals surface area contributed by atoms with Gasteiger partial charge in [-0.2, -0.15) is 0 Å². The number of benzene rings is 3. The van der Waals surface area contributed by atoms with Crippen LogP contribution in [0.25, 0.3) is 22.3 Å². The molecule has 0 aliphatic rings. The maximum atomic E-state index is 2.57. The van der Waals surface area contributed by atoms with Gasteiger partial charge in [0.2, 0.25) is 0 Å². The van der Waals surface area contributed by atoms with Gasteiger partial charge in [-0.15, -0.1) is 0 Å². The molecule has 0 amide bonds. The van der Waals surface area contributed by atoms with Gasteiger partial charge in [-0.25, -0.2) is 0 Å². The van der Waals surface area contributed by atoms with Crippen molar-refractivity contribution in [2.75, 3.05) is 0 Å². The second kappa shape index (κ2) is 7.93. The molecule has 0 unspecified atom stereocenters. The van der Waals surface area contributed by atoms with Crippen LogP contribution in [0.15, 0.2) is 78.9 Å². The monoisotopic (exact) mass is 371 g/mol. The molecule has 1 nitrogen and oxygen atoms in total. The average Bonchev–Trinajstić information content (AvgIpc) is 2.65. The standard InChI is InChI=1S/C27H33N/c1-26(2,3)28(27(4,5)6)20-21-12-10-15-23(18-21)25-17-11-16-24(19-25)22-13-8-7-9-14-22/h7-19H,20H2,1-6H3. The van der Waals surface area contributed by atoms with Gasteiger partial charge in [-0.05, 0) is 81.5 Å². The normalized spacial score (nSPS) is 12.4. The predicted molar refractivity (Wildman–Crippen MR) is 122 cm³/mol. The van der Waals surface area contributed by atoms with Crippen LogP contribution in [0, 0.1) is 0 Å². The Morgan fingerprint density at radius 3 is 1.57 bits per heavy atom. The minimum atomic E-state index is 0.113. The smallest absolute Gasteiger partial charge is 0.0244 e. The number of hydrogen-bond acceptors (Lipinski definition) is 1. The van der Waals surface area contributed by atoms with Crippen molar-refractivity contribution in [2.45, 2.75) is 59.2 Å². The maximum absolute atomic E-state index is 2.57. The van der Waals surface area contributed by atoms with Gasteiger partial charge in [0.1, 0.15) is 0 Å². The lowest BCUT2D eigenvalue weighted by Crippen LogP contribution is -2.51. The summed E-state index contributed by atoms with van der Waals surface area (Å²) in [6, 6.07) is 28.4. The molecule has 0 heterocycles. The topological polar surface area (TPSA) is 3.24 Å². The first-order chi connectivity index (χ1) is 13.1. The van der Waals surface area contributed by atoms with Crippen LogP contribution in [0.5, 0.6) is 0 Å². The zero-order valence-electron chi connectivity index (χ0n) is 18.2. The van der Waals surface area contributed by atoms with Crippen molar-refractivity contribution in [1.82, 2.24) is 4.90 Å². The molecule has 146 valence electrons. The van der Waals surface area contributed by atoms with Gasteiger partial charge in [-0.1, -0.05) is 66.7 Å². The number of rotatable bonds is 4. The summed E-state index contributed by atoms with van der Waals surface area (Å²) >= 11 is 0. The second-order valence-electron chi connectivity index (χ2n) is 9.57. The van der Waals surface area contributed by atoms with Crippen LogP contribution in [0.3, 0.4) is 0 Å². The summed E-state index contributed by atoms with van der Waals surface area (Å²) in [6.07, 6.45) is 0. The Bertz CT molecular complexity index is 897. The largest absolute Gasteiger partial charge is 0.289 e. The maximum Gasteiger partial charge on any atom is 0.0244 e. The van der Waals surface area contributed by atoms with E-state index in [1.165, 1.54) is 27.8 Å². The van der Waals surface area contributed by atoms with Crippen molar-refractivity contribution in [3.8, 4) is 22.3 Å². The molecule has 0 radical (unpaired) electrons. The van der Waals surface area contributed by atoms with Gasteiger partial charge in [0.25, 0.3) is 0 Å². The molecule has 0 spiro atoms. The molecule has 3 rings (SSSR count). The Balaban J connectivity index is 1.92. The van der Waals surface area contributed by atoms with E-state index < -0.39 is 0 Å². The second-order valence-corrected chi connectivity index (χ2v) is 9.57. The third-order valence-electron chi connectivity index (χ3n) is 5.19. The highest BCUT2D eigenvalue weighted by molar-refractivity contribution is 5.73. The van der Waals surface area contributed by atoms with Crippen molar-refractivity contribution in [3.05, 3.63) is 84.4 Å². The summed E-state index contributed by atoms with van der Waals surface area (Å²) < 4.78 is 0. The molecule has 1 heteroatoms. The van der Waals surface area contributed by atoms with Crippen LogP contribution in [0.1, 0.15) is 47.1 Å². The molecule has 28 heavy (non-hydrogen) atoms. The van der Waals surface area contributed by atoms with Crippen molar-refractivity contribution in [3.63, 3.8) is 0 Å². The van der Waals surface area contributed by atoms with E-state index >= 15 is 0 Å². The van der Waals surface area contributed by atoms with E-state index in [-0.39, 0.29) is 11.1 Å². The fourth-order valence-corrected chi connectivity index (χ4v) is 4.02. The highest BCUT2D eigenvalue weighted by atomic mass is 15.2. The molecule has 0 saturated heterocycles. The zero-order valence-corrected chi connectivity index (χ0v) is 18.2. The lowest BCUT2D eigenvalue weighted by atomic mass is 9.94. The first-order valence-corrected chi connectivity index (χ1v) is 10.2. The summed E-state index contributed by atoms with van der Waals surface area (Å²) in [4.78, 5) is 2.57. The summed E-state index contributed by atoms with van der Waals surface area (Å²) in [5.41, 5.74) is 6.64. The summed E-state index contributed by atoms with van der Waals surface area (Å²) in [5, 5.41) is 0. The molecule has 3 aromatic carbocycles. The Hall–Kier alpha value is -2.38. The van der Waals surface area contributed by atoms with Crippen molar-refractivity contribution < 1.29 is 0 Å². The minimum Gasteiger partial charge on any atom is -0.289 e. The van der Waals surface area contributed by atoms with E-state index in [1.807, 2.05) is 0 Å². The van der Waals surface area contributed by atoms with Crippen LogP contribution >= 0.6 is 0 Å². The molecule has 0 atom stereocenters. The van der Waals surface area contributed by atoms with E-state index in [9.17, 15) is 0 Å². The number of hydrogen-bond donors (Lipinski definition) is 0. The van der Waals surface area contributed by atoms with Crippen LogP contribution in [-0.4, -0.2) is 16.0 Å². The molecule has 3 aromatic rings. The quantitative estimate of drug-likeness (QED) is 0.461. The molecule has 0 N–H and O–H groups in total. The minimum absolute atomic E-state index is 0.113. The van der Waals surface area contributed by atoms with Crippen molar-refractivity contribution in [2.24, 2.45) is 0 Å². The summed E-state index contributed by atoms with van der Waals surface area (Å²) in [6.45, 7) is 14.7. The highest BCUT2D eigenvalue weighted by Crippen LogP contribution is 2.30. The third kappa shape index (κ3) is 4.91. The van der Waals surface area contributed by atoms with Gasteiger partial charge >= 0.3 is 0 Å². The SMILES string of the molecule is CC(C)(C)N(Cc1cccc(-c2cccc(-c3ccccc3)c2)c1)C(C)(C)C. The Morgan fingerprint density at radius 2 is 1.00 bits per heavy atom. The third-order valence-corrected chi connectivity index (χ3v) is 5.19. The Kier molecular flexibility index (Phi) is 5.76. The molecule has 0 aliphatic heterocycles. The van der Waals surface area contributed by atoms with Gasteiger partial charge < -0.3 is 0 Å². The first-order valence-electron chi connectivity index (χ1n) is 10.2. The molecular weight excluding hydrogens is 338 g/mol. The van der Waals surface area contributed by atoms with E-state index in [0.717, 1.165) is 6.54 Å². The van der Waals surface area contributed by atoms with E-state index in [0.29, 0.717) is 0 Å². The average molecular weight is 372 g/mol. The molecule has 0 bridgehead atoms. The lowest BCUT2D eigenvalue weighted by Gasteiger charge is -2.45. The Morgan fingerprint density at radius 1 is 0.536 bits per heavy atom. The first kappa shape index (κ1) is 20.4. The predicted octanol–water partition coefficient (Wildman–Crippen LogP) is 7.42. The fraction of sp³-hybridized carbons (Fsp3) is 0.333. The number of nitrogens with zero attached hydrogens (tertiary/aromatic N) is 1. The van der Waals surface area contributed by atoms with Crippen LogP contribution in [0.2, 0.25) is 0 Å². The lowest BCUT2D eigenvalue weighted by molar-refractivity contribution is 0.0298. The molecule has 0 aliphatic carbocycles. The van der Waals surface area contributed by atoms with Gasteiger partial charge in [-0.3, -0.25) is 4.90 Å². The Labute approximate surface area is 171 Å². The highest BCUT2D eigenvalue weighted by Gasteiger charge is 2.31. The van der Waals surface area contributed by atoms with Crippen LogP contribution in [0.4, 0.5) is 0 Å². The van der Waals surface area contributed by atoms with Gasteiger partial charge in [0.15, 0.2) is 0 Å². The van der Waals surface area contributed by atoms with Crippen molar-refractivity contribution in [1.29, 1.82) is 0 Å². The van der Waals surface area contributed by atoms with E-state index in [2.05, 4.69) is 125 Å². The van der Waals surface area contributed by atoms with Crippen LogP contribution in [-0.2, 0) is 6.54 Å². The fourth-order valence-electron chi connectivity index (χ4n) is 4.02. The van der Waals surface area contributed by atoms with Gasteiger partial charge in [0, 0.05) is 17.6 Å².